The van der Waals surface area contributed by atoms with Crippen molar-refractivity contribution in [3.63, 3.8) is 0 Å². The van der Waals surface area contributed by atoms with Crippen molar-refractivity contribution in [2.24, 2.45) is 5.14 Å². The molecule has 2 aromatic rings. The molecule has 0 saturated carbocycles. The summed E-state index contributed by atoms with van der Waals surface area (Å²) in [5.41, 5.74) is -0.290. The number of hydrogen-bond acceptors (Lipinski definition) is 4. The van der Waals surface area contributed by atoms with E-state index >= 15 is 0 Å². The second-order valence-corrected chi connectivity index (χ2v) is 6.75. The zero-order valence-electron chi connectivity index (χ0n) is 12.8. The first-order valence-corrected chi connectivity index (χ1v) is 8.59. The predicted octanol–water partition coefficient (Wildman–Crippen LogP) is 0.908. The van der Waals surface area contributed by atoms with Gasteiger partial charge in [-0.3, -0.25) is 9.48 Å². The van der Waals surface area contributed by atoms with Crippen LogP contribution in [0.5, 0.6) is 0 Å². The number of alkyl halides is 3. The van der Waals surface area contributed by atoms with Crippen LogP contribution in [0.4, 0.5) is 13.2 Å². The van der Waals surface area contributed by atoms with Gasteiger partial charge in [-0.25, -0.2) is 13.6 Å². The van der Waals surface area contributed by atoms with Crippen molar-refractivity contribution in [3.8, 4) is 0 Å². The Morgan fingerprint density at radius 1 is 1.20 bits per heavy atom. The van der Waals surface area contributed by atoms with Crippen molar-refractivity contribution < 1.29 is 26.4 Å². The highest BCUT2D eigenvalue weighted by Crippen LogP contribution is 2.27. The number of hydrogen-bond donors (Lipinski definition) is 2. The Labute approximate surface area is 141 Å². The first-order chi connectivity index (χ1) is 11.6. The Morgan fingerprint density at radius 2 is 1.84 bits per heavy atom. The molecule has 0 spiro atoms. The van der Waals surface area contributed by atoms with Gasteiger partial charge in [-0.2, -0.15) is 18.3 Å². The minimum atomic E-state index is -4.55. The predicted molar refractivity (Wildman–Crippen MR) is 81.8 cm³/mol. The third kappa shape index (κ3) is 5.57. The maximum atomic E-state index is 12.4. The van der Waals surface area contributed by atoms with E-state index in [1.54, 1.807) is 12.1 Å². The number of aromatic nitrogens is 2. The van der Waals surface area contributed by atoms with Crippen LogP contribution in [0.15, 0.2) is 41.4 Å². The Hall–Kier alpha value is -2.40. The quantitative estimate of drug-likeness (QED) is 0.781. The highest BCUT2D eigenvalue weighted by molar-refractivity contribution is 7.89. The van der Waals surface area contributed by atoms with E-state index < -0.39 is 27.8 Å². The Bertz CT molecular complexity index is 845. The van der Waals surface area contributed by atoms with Gasteiger partial charge < -0.3 is 5.32 Å². The van der Waals surface area contributed by atoms with Crippen molar-refractivity contribution in [1.82, 2.24) is 15.1 Å². The zero-order valence-corrected chi connectivity index (χ0v) is 13.6. The van der Waals surface area contributed by atoms with Crippen LogP contribution >= 0.6 is 0 Å². The summed E-state index contributed by atoms with van der Waals surface area (Å²) < 4.78 is 60.4. The van der Waals surface area contributed by atoms with Crippen molar-refractivity contribution in [2.45, 2.75) is 24.0 Å². The van der Waals surface area contributed by atoms with Gasteiger partial charge in [-0.15, -0.1) is 0 Å². The van der Waals surface area contributed by atoms with E-state index in [-0.39, 0.29) is 18.0 Å². The molecule has 25 heavy (non-hydrogen) atoms. The lowest BCUT2D eigenvalue weighted by atomic mass is 10.1. The Kier molecular flexibility index (Phi) is 5.48. The van der Waals surface area contributed by atoms with Crippen LogP contribution in [0.3, 0.4) is 0 Å². The zero-order chi connectivity index (χ0) is 18.7. The third-order valence-electron chi connectivity index (χ3n) is 3.22. The van der Waals surface area contributed by atoms with Crippen molar-refractivity contribution in [2.75, 3.05) is 6.54 Å². The first kappa shape index (κ1) is 18.9. The van der Waals surface area contributed by atoms with Crippen LogP contribution in [0.1, 0.15) is 11.3 Å². The number of amides is 1. The molecule has 1 amide bonds. The summed E-state index contributed by atoms with van der Waals surface area (Å²) in [6.07, 6.45) is -3.05. The lowest BCUT2D eigenvalue weighted by Crippen LogP contribution is -2.29. The summed E-state index contributed by atoms with van der Waals surface area (Å²) in [5.74, 6) is -0.488. The molecule has 0 aliphatic rings. The standard InChI is InChI=1S/C14H15F3N4O3S/c15-14(16,17)12-6-8-21(20-12)9-13(22)19-7-5-10-1-3-11(4-2-10)25(18,23)24/h1-4,6,8H,5,7,9H2,(H,19,22)(H2,18,23,24). The second-order valence-electron chi connectivity index (χ2n) is 5.19. The first-order valence-electron chi connectivity index (χ1n) is 7.05. The maximum Gasteiger partial charge on any atom is 0.435 e. The number of nitrogens with one attached hydrogen (secondary N) is 1. The molecule has 0 radical (unpaired) electrons. The average Bonchev–Trinajstić information content (AvgIpc) is 2.95. The molecular weight excluding hydrogens is 361 g/mol. The van der Waals surface area contributed by atoms with Crippen LogP contribution in [0, 0.1) is 0 Å². The van der Waals surface area contributed by atoms with E-state index in [4.69, 9.17) is 5.14 Å². The normalized spacial score (nSPS) is 12.2. The number of halogens is 3. The van der Waals surface area contributed by atoms with Gasteiger partial charge in [0.15, 0.2) is 5.69 Å². The number of primary sulfonamides is 1. The van der Waals surface area contributed by atoms with E-state index in [1.807, 2.05) is 0 Å². The molecule has 0 aliphatic heterocycles. The molecule has 1 heterocycles. The molecule has 0 atom stereocenters. The van der Waals surface area contributed by atoms with E-state index in [0.717, 1.165) is 22.5 Å². The molecule has 0 unspecified atom stereocenters. The van der Waals surface area contributed by atoms with Crippen LogP contribution < -0.4 is 10.5 Å². The van der Waals surface area contributed by atoms with Crippen molar-refractivity contribution >= 4 is 15.9 Å². The highest BCUT2D eigenvalue weighted by Gasteiger charge is 2.33. The summed E-state index contributed by atoms with van der Waals surface area (Å²) in [6.45, 7) is -0.0958. The van der Waals surface area contributed by atoms with Crippen molar-refractivity contribution in [1.29, 1.82) is 0 Å². The third-order valence-corrected chi connectivity index (χ3v) is 4.15. The molecule has 1 aromatic heterocycles. The number of carbonyl (C=O) groups is 1. The molecule has 0 saturated heterocycles. The van der Waals surface area contributed by atoms with Crippen LogP contribution in [-0.2, 0) is 34.0 Å². The van der Waals surface area contributed by atoms with E-state index in [2.05, 4.69) is 10.4 Å². The number of rotatable bonds is 6. The molecular formula is C14H15F3N4O3S. The largest absolute Gasteiger partial charge is 0.435 e. The average molecular weight is 376 g/mol. The highest BCUT2D eigenvalue weighted by atomic mass is 32.2. The van der Waals surface area contributed by atoms with E-state index in [1.165, 1.54) is 12.1 Å². The van der Waals surface area contributed by atoms with Crippen molar-refractivity contribution in [3.05, 3.63) is 47.8 Å². The van der Waals surface area contributed by atoms with Gasteiger partial charge >= 0.3 is 6.18 Å². The summed E-state index contributed by atoms with van der Waals surface area (Å²) in [5, 5.41) is 10.8. The van der Waals surface area contributed by atoms with Gasteiger partial charge in [0.1, 0.15) is 6.54 Å². The summed E-state index contributed by atoms with van der Waals surface area (Å²) >= 11 is 0. The number of benzene rings is 1. The molecule has 2 rings (SSSR count). The molecule has 0 bridgehead atoms. The lowest BCUT2D eigenvalue weighted by molar-refractivity contribution is -0.141. The number of sulfonamides is 1. The van der Waals surface area contributed by atoms with Gasteiger partial charge in [-0.05, 0) is 30.2 Å². The molecule has 11 heteroatoms. The fourth-order valence-electron chi connectivity index (χ4n) is 2.00. The van der Waals surface area contributed by atoms with E-state index in [9.17, 15) is 26.4 Å². The number of nitrogens with zero attached hydrogens (tertiary/aromatic N) is 2. The minimum Gasteiger partial charge on any atom is -0.354 e. The molecule has 3 N–H and O–H groups in total. The molecule has 7 nitrogen and oxygen atoms in total. The van der Waals surface area contributed by atoms with Gasteiger partial charge in [0.2, 0.25) is 15.9 Å². The Balaban J connectivity index is 1.81. The smallest absolute Gasteiger partial charge is 0.354 e. The number of nitrogens with two attached hydrogens (primary N) is 1. The molecule has 0 aliphatic carbocycles. The Morgan fingerprint density at radius 3 is 2.36 bits per heavy atom. The topological polar surface area (TPSA) is 107 Å². The van der Waals surface area contributed by atoms with Gasteiger partial charge in [-0.1, -0.05) is 12.1 Å². The maximum absolute atomic E-state index is 12.4. The molecule has 1 aromatic carbocycles. The summed E-state index contributed by atoms with van der Waals surface area (Å²) in [4.78, 5) is 11.7. The lowest BCUT2D eigenvalue weighted by Gasteiger charge is -2.06. The second kappa shape index (κ2) is 7.23. The summed E-state index contributed by atoms with van der Waals surface area (Å²) in [7, 11) is -3.76. The van der Waals surface area contributed by atoms with Gasteiger partial charge in [0.25, 0.3) is 0 Å². The number of carbonyl (C=O) groups excluding carboxylic acids is 1. The fourth-order valence-corrected chi connectivity index (χ4v) is 2.51. The van der Waals surface area contributed by atoms with E-state index in [0.29, 0.717) is 6.42 Å². The SMILES string of the molecule is NS(=O)(=O)c1ccc(CCNC(=O)Cn2ccc(C(F)(F)F)n2)cc1. The van der Waals surface area contributed by atoms with Crippen LogP contribution in [-0.4, -0.2) is 30.7 Å². The fraction of sp³-hybridized carbons (Fsp3) is 0.286. The molecule has 0 fully saturated rings. The van der Waals surface area contributed by atoms with Crippen LogP contribution in [0.25, 0.3) is 0 Å². The van der Waals surface area contributed by atoms with Gasteiger partial charge in [0.05, 0.1) is 4.90 Å². The van der Waals surface area contributed by atoms with Crippen LogP contribution in [0.2, 0.25) is 0 Å². The monoisotopic (exact) mass is 376 g/mol. The summed E-state index contributed by atoms with van der Waals surface area (Å²) in [6, 6.07) is 6.63. The molecule has 136 valence electrons. The van der Waals surface area contributed by atoms with Gasteiger partial charge in [0, 0.05) is 12.7 Å². The minimum absolute atomic E-state index is 0.0144.